The zero-order valence-electron chi connectivity index (χ0n) is 15.5. The minimum Gasteiger partial charge on any atom is -0.371 e. The highest BCUT2D eigenvalue weighted by Crippen LogP contribution is 2.23. The number of carbonyl (C=O) groups excluding carboxylic acids is 1. The molecule has 0 aliphatic carbocycles. The highest BCUT2D eigenvalue weighted by molar-refractivity contribution is 7.89. The number of hydrogen-bond acceptors (Lipinski definition) is 5. The topological polar surface area (TPSA) is 104 Å². The average Bonchev–Trinajstić information content (AvgIpc) is 3.36. The molecule has 28 heavy (non-hydrogen) atoms. The minimum atomic E-state index is -4.16. The predicted octanol–water partition coefficient (Wildman–Crippen LogP) is 1.37. The number of hydrogen-bond donors (Lipinski definition) is 2. The van der Waals surface area contributed by atoms with E-state index < -0.39 is 15.9 Å². The number of H-pyrrole nitrogens is 1. The van der Waals surface area contributed by atoms with Gasteiger partial charge < -0.3 is 4.90 Å². The molecule has 0 unspecified atom stereocenters. The maximum absolute atomic E-state index is 13.0. The summed E-state index contributed by atoms with van der Waals surface area (Å²) < 4.78 is 27.7. The monoisotopic (exact) mass is 400 g/mol. The molecule has 0 spiro atoms. The Kier molecular flexibility index (Phi) is 4.56. The van der Waals surface area contributed by atoms with E-state index in [2.05, 4.69) is 10.00 Å². The number of pyridine rings is 1. The van der Waals surface area contributed by atoms with Crippen LogP contribution in [0.15, 0.2) is 53.7 Å². The number of aromatic nitrogens is 2. The molecule has 1 fully saturated rings. The summed E-state index contributed by atoms with van der Waals surface area (Å²) in [5, 5.41) is 2.94. The van der Waals surface area contributed by atoms with E-state index in [1.54, 1.807) is 29.6 Å². The lowest BCUT2D eigenvalue weighted by atomic mass is 10.2. The molecule has 3 heterocycles. The zero-order chi connectivity index (χ0) is 19.9. The SMILES string of the molecule is Cc1ccccc1S(=O)(=O)N(N)C(=O)c1c[nH][n+]2ccc(N3CCCC3)cc12. The van der Waals surface area contributed by atoms with Crippen molar-refractivity contribution in [2.24, 2.45) is 5.84 Å². The van der Waals surface area contributed by atoms with Gasteiger partial charge in [-0.2, -0.15) is 17.9 Å². The number of aryl methyl sites for hydroxylation is 1. The Morgan fingerprint density at radius 1 is 1.21 bits per heavy atom. The summed E-state index contributed by atoms with van der Waals surface area (Å²) in [5.41, 5.74) is 2.29. The molecule has 0 atom stereocenters. The van der Waals surface area contributed by atoms with Crippen LogP contribution in [0.5, 0.6) is 0 Å². The normalized spacial score (nSPS) is 14.6. The summed E-state index contributed by atoms with van der Waals surface area (Å²) in [6.07, 6.45) is 5.56. The number of nitrogens with zero attached hydrogens (tertiary/aromatic N) is 3. The third-order valence-electron chi connectivity index (χ3n) is 5.09. The van der Waals surface area contributed by atoms with Gasteiger partial charge in [-0.15, -0.1) is 0 Å². The number of carbonyl (C=O) groups is 1. The van der Waals surface area contributed by atoms with Crippen LogP contribution < -0.4 is 15.3 Å². The number of sulfonamides is 1. The Morgan fingerprint density at radius 2 is 1.93 bits per heavy atom. The third-order valence-corrected chi connectivity index (χ3v) is 6.79. The molecule has 8 nitrogen and oxygen atoms in total. The molecule has 146 valence electrons. The van der Waals surface area contributed by atoms with Gasteiger partial charge in [0.15, 0.2) is 0 Å². The van der Waals surface area contributed by atoms with Crippen LogP contribution in [0.1, 0.15) is 28.8 Å². The smallest absolute Gasteiger partial charge is 0.290 e. The fraction of sp³-hybridized carbons (Fsp3) is 0.263. The summed E-state index contributed by atoms with van der Waals surface area (Å²) in [4.78, 5) is 15.2. The second kappa shape index (κ2) is 6.92. The lowest BCUT2D eigenvalue weighted by Crippen LogP contribution is -2.42. The highest BCUT2D eigenvalue weighted by Gasteiger charge is 2.32. The minimum absolute atomic E-state index is 0.0103. The van der Waals surface area contributed by atoms with E-state index in [4.69, 9.17) is 5.84 Å². The molecule has 1 saturated heterocycles. The molecule has 3 N–H and O–H groups in total. The largest absolute Gasteiger partial charge is 0.371 e. The molecule has 0 radical (unpaired) electrons. The Bertz CT molecular complexity index is 1150. The van der Waals surface area contributed by atoms with Crippen LogP contribution in [0.2, 0.25) is 0 Å². The van der Waals surface area contributed by atoms with Crippen molar-refractivity contribution in [3.8, 4) is 0 Å². The molecule has 1 amide bonds. The van der Waals surface area contributed by atoms with Gasteiger partial charge in [0.25, 0.3) is 21.4 Å². The van der Waals surface area contributed by atoms with E-state index in [1.807, 2.05) is 18.3 Å². The number of rotatable bonds is 4. The number of aromatic amines is 1. The van der Waals surface area contributed by atoms with Gasteiger partial charge in [-0.3, -0.25) is 4.79 Å². The summed E-state index contributed by atoms with van der Waals surface area (Å²) in [7, 11) is -4.16. The molecule has 1 aliphatic heterocycles. The van der Waals surface area contributed by atoms with Gasteiger partial charge in [0.2, 0.25) is 6.20 Å². The van der Waals surface area contributed by atoms with Gasteiger partial charge in [-0.25, -0.2) is 5.84 Å². The van der Waals surface area contributed by atoms with Crippen LogP contribution in [-0.2, 0) is 10.0 Å². The number of nitrogens with one attached hydrogen (secondary N) is 1. The molecule has 3 aromatic rings. The van der Waals surface area contributed by atoms with Crippen LogP contribution in [0.4, 0.5) is 5.69 Å². The van der Waals surface area contributed by atoms with Crippen molar-refractivity contribution in [1.82, 2.24) is 9.51 Å². The van der Waals surface area contributed by atoms with E-state index in [1.165, 1.54) is 12.3 Å². The Balaban J connectivity index is 1.72. The predicted molar refractivity (Wildman–Crippen MR) is 104 cm³/mol. The van der Waals surface area contributed by atoms with Gasteiger partial charge in [-0.05, 0) is 31.4 Å². The summed E-state index contributed by atoms with van der Waals surface area (Å²) in [6.45, 7) is 3.60. The van der Waals surface area contributed by atoms with Crippen molar-refractivity contribution in [3.05, 3.63) is 59.9 Å². The van der Waals surface area contributed by atoms with E-state index in [-0.39, 0.29) is 10.5 Å². The van der Waals surface area contributed by atoms with Gasteiger partial charge in [-0.1, -0.05) is 22.7 Å². The Morgan fingerprint density at radius 3 is 2.64 bits per heavy atom. The van der Waals surface area contributed by atoms with Crippen molar-refractivity contribution in [1.29, 1.82) is 0 Å². The molecule has 9 heteroatoms. The number of amides is 1. The van der Waals surface area contributed by atoms with Crippen molar-refractivity contribution in [2.75, 3.05) is 18.0 Å². The molecule has 0 saturated carbocycles. The maximum Gasteiger partial charge on any atom is 0.290 e. The number of anilines is 1. The number of fused-ring (bicyclic) bond motifs is 1. The van der Waals surface area contributed by atoms with Crippen molar-refractivity contribution in [3.63, 3.8) is 0 Å². The van der Waals surface area contributed by atoms with Crippen molar-refractivity contribution < 1.29 is 17.7 Å². The fourth-order valence-corrected chi connectivity index (χ4v) is 4.79. The first-order chi connectivity index (χ1) is 13.4. The van der Waals surface area contributed by atoms with E-state index in [0.717, 1.165) is 31.6 Å². The van der Waals surface area contributed by atoms with Gasteiger partial charge >= 0.3 is 0 Å². The standard InChI is InChI=1S/C19H21N5O3S/c1-14-6-2-3-7-18(14)28(26,27)24(20)19(25)16-13-21-23-11-8-15(12-17(16)23)22-9-4-5-10-22/h2-3,6-8,11-13H,4-5,9-10,20H2,1H3/p+1. The first-order valence-electron chi connectivity index (χ1n) is 9.07. The third kappa shape index (κ3) is 3.02. The molecular weight excluding hydrogens is 378 g/mol. The summed E-state index contributed by atoms with van der Waals surface area (Å²) in [5.74, 6) is 5.01. The molecule has 1 aliphatic rings. The van der Waals surface area contributed by atoms with Crippen LogP contribution >= 0.6 is 0 Å². The highest BCUT2D eigenvalue weighted by atomic mass is 32.2. The molecule has 2 aromatic heterocycles. The fourth-order valence-electron chi connectivity index (χ4n) is 3.54. The van der Waals surface area contributed by atoms with Crippen molar-refractivity contribution >= 4 is 27.1 Å². The second-order valence-electron chi connectivity index (χ2n) is 6.89. The average molecular weight is 400 g/mol. The number of hydrazine groups is 1. The van der Waals surface area contributed by atoms with Crippen LogP contribution in [0.25, 0.3) is 5.52 Å². The van der Waals surface area contributed by atoms with Crippen molar-refractivity contribution in [2.45, 2.75) is 24.7 Å². The summed E-state index contributed by atoms with van der Waals surface area (Å²) in [6, 6.07) is 10.3. The molecule has 1 aromatic carbocycles. The lowest BCUT2D eigenvalue weighted by Gasteiger charge is -2.17. The van der Waals surface area contributed by atoms with E-state index in [0.29, 0.717) is 15.5 Å². The second-order valence-corrected chi connectivity index (χ2v) is 8.68. The van der Waals surface area contributed by atoms with Crippen LogP contribution in [0, 0.1) is 6.92 Å². The Hall–Kier alpha value is -2.91. The molecule has 4 rings (SSSR count). The van der Waals surface area contributed by atoms with E-state index >= 15 is 0 Å². The zero-order valence-corrected chi connectivity index (χ0v) is 16.3. The van der Waals surface area contributed by atoms with Gasteiger partial charge in [0.1, 0.15) is 5.56 Å². The quantitative estimate of drug-likeness (QED) is 0.298. The molecule has 0 bridgehead atoms. The molecular formula is C19H22N5O3S+. The number of nitrogens with two attached hydrogens (primary N) is 1. The first kappa shape index (κ1) is 18.5. The Labute approximate surface area is 163 Å². The van der Waals surface area contributed by atoms with Crippen LogP contribution in [0.3, 0.4) is 0 Å². The maximum atomic E-state index is 13.0. The van der Waals surface area contributed by atoms with Crippen LogP contribution in [-0.4, -0.2) is 36.9 Å². The number of benzene rings is 1. The van der Waals surface area contributed by atoms with Gasteiger partial charge in [0.05, 0.1) is 11.1 Å². The van der Waals surface area contributed by atoms with E-state index in [9.17, 15) is 13.2 Å². The first-order valence-corrected chi connectivity index (χ1v) is 10.5. The lowest BCUT2D eigenvalue weighted by molar-refractivity contribution is -0.576. The summed E-state index contributed by atoms with van der Waals surface area (Å²) >= 11 is 0. The van der Waals surface area contributed by atoms with Gasteiger partial charge in [0, 0.05) is 30.9 Å².